The molecule has 1 aliphatic carbocycles. The summed E-state index contributed by atoms with van der Waals surface area (Å²) in [6.07, 6.45) is 4.39. The number of ether oxygens (including phenoxy) is 1. The molecule has 1 fully saturated rings. The van der Waals surface area contributed by atoms with Gasteiger partial charge >= 0.3 is 6.09 Å². The minimum atomic E-state index is -0.414. The molecule has 2 unspecified atom stereocenters. The predicted octanol–water partition coefficient (Wildman–Crippen LogP) is 3.00. The lowest BCUT2D eigenvalue weighted by Crippen LogP contribution is -2.36. The summed E-state index contributed by atoms with van der Waals surface area (Å²) >= 11 is 4.49. The number of carbonyl (C=O) groups excluding carboxylic acids is 1. The SMILES string of the molecule is CC(C)(C)OC(=O)NCC1CCCC(S)C1. The summed E-state index contributed by atoms with van der Waals surface area (Å²) in [7, 11) is 0. The Morgan fingerprint density at radius 3 is 2.69 bits per heavy atom. The topological polar surface area (TPSA) is 38.3 Å². The first kappa shape index (κ1) is 13.7. The summed E-state index contributed by atoms with van der Waals surface area (Å²) in [5.74, 6) is 0.559. The predicted molar refractivity (Wildman–Crippen MR) is 69.0 cm³/mol. The van der Waals surface area contributed by atoms with Crippen LogP contribution in [0.4, 0.5) is 4.79 Å². The highest BCUT2D eigenvalue weighted by Crippen LogP contribution is 2.26. The van der Waals surface area contributed by atoms with Gasteiger partial charge in [-0.05, 0) is 46.0 Å². The second-order valence-corrected chi connectivity index (χ2v) is 6.30. The summed E-state index contributed by atoms with van der Waals surface area (Å²) in [6, 6.07) is 0. The van der Waals surface area contributed by atoms with Gasteiger partial charge in [0.2, 0.25) is 0 Å². The lowest BCUT2D eigenvalue weighted by atomic mass is 9.89. The van der Waals surface area contributed by atoms with E-state index in [9.17, 15) is 4.79 Å². The van der Waals surface area contributed by atoms with Gasteiger partial charge in [-0.15, -0.1) is 0 Å². The van der Waals surface area contributed by atoms with Gasteiger partial charge in [0, 0.05) is 11.8 Å². The quantitative estimate of drug-likeness (QED) is 0.734. The van der Waals surface area contributed by atoms with Crippen molar-refractivity contribution in [2.24, 2.45) is 5.92 Å². The van der Waals surface area contributed by atoms with Gasteiger partial charge in [-0.2, -0.15) is 12.6 Å². The smallest absolute Gasteiger partial charge is 0.407 e. The average Bonchev–Trinajstić information content (AvgIpc) is 2.12. The van der Waals surface area contributed by atoms with Crippen LogP contribution in [0, 0.1) is 5.92 Å². The van der Waals surface area contributed by atoms with Crippen LogP contribution in [-0.2, 0) is 4.74 Å². The zero-order valence-corrected chi connectivity index (χ0v) is 11.3. The van der Waals surface area contributed by atoms with E-state index in [0.717, 1.165) is 6.42 Å². The Kier molecular flexibility index (Phi) is 4.96. The van der Waals surface area contributed by atoms with Crippen LogP contribution in [0.5, 0.6) is 0 Å². The largest absolute Gasteiger partial charge is 0.444 e. The molecule has 94 valence electrons. The summed E-state index contributed by atoms with van der Waals surface area (Å²) < 4.78 is 5.19. The maximum Gasteiger partial charge on any atom is 0.407 e. The monoisotopic (exact) mass is 245 g/mol. The number of amides is 1. The molecule has 0 aliphatic heterocycles. The Bertz CT molecular complexity index is 238. The molecule has 0 heterocycles. The molecule has 1 amide bonds. The molecule has 4 heteroatoms. The minimum absolute atomic E-state index is 0.311. The van der Waals surface area contributed by atoms with Crippen LogP contribution in [0.2, 0.25) is 0 Å². The molecule has 0 aromatic carbocycles. The van der Waals surface area contributed by atoms with E-state index in [1.54, 1.807) is 0 Å². The second-order valence-electron chi connectivity index (χ2n) is 5.57. The second kappa shape index (κ2) is 5.80. The fourth-order valence-electron chi connectivity index (χ4n) is 1.99. The molecule has 0 bridgehead atoms. The van der Waals surface area contributed by atoms with Gasteiger partial charge < -0.3 is 10.1 Å². The first-order valence-electron chi connectivity index (χ1n) is 6.02. The van der Waals surface area contributed by atoms with Crippen molar-refractivity contribution in [2.45, 2.75) is 57.3 Å². The van der Waals surface area contributed by atoms with Crippen molar-refractivity contribution in [1.82, 2.24) is 5.32 Å². The summed E-state index contributed by atoms with van der Waals surface area (Å²) in [4.78, 5) is 11.4. The first-order valence-corrected chi connectivity index (χ1v) is 6.53. The summed E-state index contributed by atoms with van der Waals surface area (Å²) in [6.45, 7) is 6.33. The van der Waals surface area contributed by atoms with Crippen molar-refractivity contribution in [2.75, 3.05) is 6.54 Å². The van der Waals surface area contributed by atoms with Gasteiger partial charge in [-0.1, -0.05) is 6.42 Å². The van der Waals surface area contributed by atoms with Gasteiger partial charge in [0.25, 0.3) is 0 Å². The van der Waals surface area contributed by atoms with Crippen LogP contribution in [0.1, 0.15) is 46.5 Å². The lowest BCUT2D eigenvalue weighted by Gasteiger charge is -2.27. The Morgan fingerprint density at radius 2 is 2.12 bits per heavy atom. The van der Waals surface area contributed by atoms with E-state index in [0.29, 0.717) is 17.7 Å². The number of thiol groups is 1. The van der Waals surface area contributed by atoms with Crippen molar-refractivity contribution in [3.05, 3.63) is 0 Å². The van der Waals surface area contributed by atoms with Crippen molar-refractivity contribution in [3.8, 4) is 0 Å². The van der Waals surface area contributed by atoms with Crippen LogP contribution in [0.3, 0.4) is 0 Å². The van der Waals surface area contributed by atoms with E-state index in [2.05, 4.69) is 17.9 Å². The zero-order chi connectivity index (χ0) is 12.2. The highest BCUT2D eigenvalue weighted by molar-refractivity contribution is 7.80. The maximum absolute atomic E-state index is 11.4. The highest BCUT2D eigenvalue weighted by Gasteiger charge is 2.21. The van der Waals surface area contributed by atoms with Crippen molar-refractivity contribution >= 4 is 18.7 Å². The molecule has 0 spiro atoms. The van der Waals surface area contributed by atoms with Crippen molar-refractivity contribution in [1.29, 1.82) is 0 Å². The van der Waals surface area contributed by atoms with Gasteiger partial charge in [-0.25, -0.2) is 4.79 Å². The molecule has 2 atom stereocenters. The number of alkyl carbamates (subject to hydrolysis) is 1. The van der Waals surface area contributed by atoms with Gasteiger partial charge in [0.05, 0.1) is 0 Å². The Labute approximate surface area is 104 Å². The molecule has 16 heavy (non-hydrogen) atoms. The standard InChI is InChI=1S/C12H23NO2S/c1-12(2,3)15-11(14)13-8-9-5-4-6-10(16)7-9/h9-10,16H,4-8H2,1-3H3,(H,13,14). The van der Waals surface area contributed by atoms with Crippen molar-refractivity contribution in [3.63, 3.8) is 0 Å². The molecular formula is C12H23NO2S. The first-order chi connectivity index (χ1) is 7.37. The van der Waals surface area contributed by atoms with E-state index in [-0.39, 0.29) is 6.09 Å². The molecule has 0 aromatic heterocycles. The summed E-state index contributed by atoms with van der Waals surface area (Å²) in [5.41, 5.74) is -0.414. The van der Waals surface area contributed by atoms with Crippen LogP contribution < -0.4 is 5.32 Å². The van der Waals surface area contributed by atoms with Crippen LogP contribution in [0.25, 0.3) is 0 Å². The van der Waals surface area contributed by atoms with Gasteiger partial charge in [0.1, 0.15) is 5.60 Å². The number of hydrogen-bond acceptors (Lipinski definition) is 3. The Hall–Kier alpha value is -0.380. The van der Waals surface area contributed by atoms with Gasteiger partial charge in [0.15, 0.2) is 0 Å². The normalized spacial score (nSPS) is 26.2. The molecule has 0 aromatic rings. The number of rotatable bonds is 2. The van der Waals surface area contributed by atoms with Crippen LogP contribution in [0.15, 0.2) is 0 Å². The third-order valence-electron chi connectivity index (χ3n) is 2.69. The average molecular weight is 245 g/mol. The van der Waals surface area contributed by atoms with E-state index in [4.69, 9.17) is 4.74 Å². The van der Waals surface area contributed by atoms with E-state index < -0.39 is 5.60 Å². The maximum atomic E-state index is 11.4. The third-order valence-corrected chi connectivity index (χ3v) is 3.16. The molecule has 1 N–H and O–H groups in total. The van der Waals surface area contributed by atoms with Crippen molar-refractivity contribution < 1.29 is 9.53 Å². The highest BCUT2D eigenvalue weighted by atomic mass is 32.1. The minimum Gasteiger partial charge on any atom is -0.444 e. The zero-order valence-electron chi connectivity index (χ0n) is 10.5. The molecule has 3 nitrogen and oxygen atoms in total. The molecule has 1 saturated carbocycles. The molecule has 0 radical (unpaired) electrons. The summed E-state index contributed by atoms with van der Waals surface area (Å²) in [5, 5.41) is 3.33. The Balaban J connectivity index is 2.21. The van der Waals surface area contributed by atoms with E-state index in [1.807, 2.05) is 20.8 Å². The van der Waals surface area contributed by atoms with Crippen LogP contribution >= 0.6 is 12.6 Å². The van der Waals surface area contributed by atoms with Gasteiger partial charge in [-0.3, -0.25) is 0 Å². The molecular weight excluding hydrogens is 222 g/mol. The molecule has 1 aliphatic rings. The number of nitrogens with one attached hydrogen (secondary N) is 1. The fourth-order valence-corrected chi connectivity index (χ4v) is 2.47. The van der Waals surface area contributed by atoms with E-state index in [1.165, 1.54) is 19.3 Å². The van der Waals surface area contributed by atoms with Crippen LogP contribution in [-0.4, -0.2) is 23.5 Å². The number of hydrogen-bond donors (Lipinski definition) is 2. The lowest BCUT2D eigenvalue weighted by molar-refractivity contribution is 0.0515. The fraction of sp³-hybridized carbons (Fsp3) is 0.917. The molecule has 0 saturated heterocycles. The van der Waals surface area contributed by atoms with E-state index >= 15 is 0 Å². The number of carbonyl (C=O) groups is 1. The Morgan fingerprint density at radius 1 is 1.44 bits per heavy atom. The molecule has 1 rings (SSSR count). The third kappa shape index (κ3) is 5.64.